The van der Waals surface area contributed by atoms with Crippen LogP contribution in [0.15, 0.2) is 35.7 Å². The van der Waals surface area contributed by atoms with Gasteiger partial charge in [-0.05, 0) is 49.4 Å². The number of carbonyl (C=O) groups is 2. The van der Waals surface area contributed by atoms with E-state index >= 15 is 0 Å². The second-order valence-electron chi connectivity index (χ2n) is 7.26. The Kier molecular flexibility index (Phi) is 5.89. The monoisotopic (exact) mass is 427 g/mol. The maximum Gasteiger partial charge on any atom is 0.261 e. The van der Waals surface area contributed by atoms with E-state index in [1.54, 1.807) is 36.6 Å². The third-order valence-electron chi connectivity index (χ3n) is 5.08. The van der Waals surface area contributed by atoms with Crippen LogP contribution in [0.4, 0.5) is 10.1 Å². The number of fused-ring (bicyclic) bond motifs is 1. The van der Waals surface area contributed by atoms with Gasteiger partial charge < -0.3 is 15.2 Å². The van der Waals surface area contributed by atoms with Gasteiger partial charge in [0.25, 0.3) is 5.91 Å². The molecule has 1 atom stereocenters. The summed E-state index contributed by atoms with van der Waals surface area (Å²) in [6, 6.07) is 7.11. The largest absolute Gasteiger partial charge is 0.340 e. The molecule has 30 heavy (non-hydrogen) atoms. The number of aryl methyl sites for hydroxylation is 1. The molecule has 1 unspecified atom stereocenters. The van der Waals surface area contributed by atoms with Crippen LogP contribution in [0.3, 0.4) is 0 Å². The minimum absolute atomic E-state index is 0.0423. The Morgan fingerprint density at radius 1 is 1.20 bits per heavy atom. The van der Waals surface area contributed by atoms with Crippen molar-refractivity contribution in [2.75, 3.05) is 5.32 Å². The summed E-state index contributed by atoms with van der Waals surface area (Å²) in [6.07, 6.45) is 4.14. The van der Waals surface area contributed by atoms with Crippen LogP contribution in [0, 0.1) is 5.82 Å². The lowest BCUT2D eigenvalue weighted by atomic mass is 10.1. The van der Waals surface area contributed by atoms with Crippen LogP contribution in [0.2, 0.25) is 0 Å². The van der Waals surface area contributed by atoms with Gasteiger partial charge in [0, 0.05) is 18.5 Å². The molecule has 1 aliphatic heterocycles. The molecular weight excluding hydrogens is 405 g/mol. The van der Waals surface area contributed by atoms with Gasteiger partial charge in [0.2, 0.25) is 5.91 Å². The normalized spacial score (nSPS) is 14.5. The van der Waals surface area contributed by atoms with Gasteiger partial charge in [0.05, 0.1) is 10.6 Å². The number of benzene rings is 1. The highest BCUT2D eigenvalue weighted by Gasteiger charge is 2.20. The smallest absolute Gasteiger partial charge is 0.261 e. The Bertz CT molecular complexity index is 1060. The minimum Gasteiger partial charge on any atom is -0.340 e. The molecule has 0 saturated carbocycles. The molecule has 0 radical (unpaired) electrons. The van der Waals surface area contributed by atoms with Crippen molar-refractivity contribution in [2.24, 2.45) is 0 Å². The van der Waals surface area contributed by atoms with E-state index in [4.69, 9.17) is 0 Å². The number of carbonyl (C=O) groups excluding carboxylic acids is 2. The molecule has 0 saturated heterocycles. The molecule has 2 aromatic heterocycles. The molecule has 1 aliphatic rings. The van der Waals surface area contributed by atoms with Crippen LogP contribution >= 0.6 is 11.3 Å². The highest BCUT2D eigenvalue weighted by molar-refractivity contribution is 7.12. The number of halogens is 1. The molecule has 9 heteroatoms. The zero-order chi connectivity index (χ0) is 21.1. The van der Waals surface area contributed by atoms with Crippen molar-refractivity contribution >= 4 is 28.8 Å². The first-order valence-corrected chi connectivity index (χ1v) is 10.8. The summed E-state index contributed by atoms with van der Waals surface area (Å²) >= 11 is 1.29. The van der Waals surface area contributed by atoms with Crippen molar-refractivity contribution in [3.8, 4) is 11.4 Å². The Labute approximate surface area is 177 Å². The molecule has 0 aliphatic carbocycles. The number of anilines is 1. The fourth-order valence-electron chi connectivity index (χ4n) is 3.44. The summed E-state index contributed by atoms with van der Waals surface area (Å²) in [6.45, 7) is 2.38. The van der Waals surface area contributed by atoms with E-state index in [0.717, 1.165) is 38.1 Å². The fraction of sp³-hybridized carbons (Fsp3) is 0.333. The van der Waals surface area contributed by atoms with Crippen molar-refractivity contribution in [3.05, 3.63) is 52.2 Å². The number of hydrogen-bond acceptors (Lipinski definition) is 5. The van der Waals surface area contributed by atoms with Crippen molar-refractivity contribution in [1.29, 1.82) is 0 Å². The number of aromatic nitrogens is 3. The molecule has 0 fully saturated rings. The molecule has 0 spiro atoms. The predicted molar refractivity (Wildman–Crippen MR) is 113 cm³/mol. The van der Waals surface area contributed by atoms with Crippen LogP contribution in [-0.4, -0.2) is 32.6 Å². The highest BCUT2D eigenvalue weighted by Crippen LogP contribution is 2.26. The van der Waals surface area contributed by atoms with E-state index in [9.17, 15) is 14.0 Å². The Morgan fingerprint density at radius 2 is 2.07 bits per heavy atom. The Morgan fingerprint density at radius 3 is 2.87 bits per heavy atom. The van der Waals surface area contributed by atoms with Crippen LogP contribution < -0.4 is 10.6 Å². The van der Waals surface area contributed by atoms with Crippen molar-refractivity contribution in [2.45, 2.75) is 45.2 Å². The van der Waals surface area contributed by atoms with Gasteiger partial charge in [-0.15, -0.1) is 21.5 Å². The number of rotatable bonds is 5. The van der Waals surface area contributed by atoms with Crippen LogP contribution in [0.5, 0.6) is 0 Å². The van der Waals surface area contributed by atoms with Gasteiger partial charge >= 0.3 is 0 Å². The molecule has 156 valence electrons. The molecule has 7 nitrogen and oxygen atoms in total. The predicted octanol–water partition coefficient (Wildman–Crippen LogP) is 3.63. The first-order chi connectivity index (χ1) is 14.5. The number of nitrogens with zero attached hydrogens (tertiary/aromatic N) is 3. The fourth-order valence-corrected chi connectivity index (χ4v) is 4.07. The maximum absolute atomic E-state index is 14.4. The number of amides is 2. The first kappa shape index (κ1) is 20.2. The summed E-state index contributed by atoms with van der Waals surface area (Å²) < 4.78 is 16.4. The summed E-state index contributed by atoms with van der Waals surface area (Å²) in [5.74, 6) is 0.201. The quantitative estimate of drug-likeness (QED) is 0.651. The summed E-state index contributed by atoms with van der Waals surface area (Å²) in [5.41, 5.74) is 0.725. The standard InChI is InChI=1S/C21H22FN5O2S/c1-13(23-21(29)17-6-5-11-30-17)20(28)24-16-12-14(8-9-15(16)22)19-26-25-18-7-3-2-4-10-27(18)19/h5-6,8-9,11-13H,2-4,7,10H2,1H3,(H,23,29)(H,24,28). The lowest BCUT2D eigenvalue weighted by Crippen LogP contribution is -2.41. The van der Waals surface area contributed by atoms with Gasteiger partial charge in [-0.25, -0.2) is 4.39 Å². The zero-order valence-corrected chi connectivity index (χ0v) is 17.3. The minimum atomic E-state index is -0.827. The second-order valence-corrected chi connectivity index (χ2v) is 8.21. The van der Waals surface area contributed by atoms with Gasteiger partial charge in [0.1, 0.15) is 17.7 Å². The third-order valence-corrected chi connectivity index (χ3v) is 5.95. The first-order valence-electron chi connectivity index (χ1n) is 9.90. The van der Waals surface area contributed by atoms with E-state index < -0.39 is 17.8 Å². The number of thiophene rings is 1. The lowest BCUT2D eigenvalue weighted by molar-refractivity contribution is -0.117. The molecule has 2 N–H and O–H groups in total. The van der Waals surface area contributed by atoms with Gasteiger partial charge in [-0.1, -0.05) is 12.5 Å². The number of hydrogen-bond donors (Lipinski definition) is 2. The third kappa shape index (κ3) is 4.25. The highest BCUT2D eigenvalue weighted by atomic mass is 32.1. The molecular formula is C21H22FN5O2S. The second kappa shape index (κ2) is 8.74. The molecule has 3 heterocycles. The lowest BCUT2D eigenvalue weighted by Gasteiger charge is -2.15. The SMILES string of the molecule is CC(NC(=O)c1cccs1)C(=O)Nc1cc(-c2nnc3n2CCCCC3)ccc1F. The van der Waals surface area contributed by atoms with Gasteiger partial charge in [-0.2, -0.15) is 0 Å². The van der Waals surface area contributed by atoms with Gasteiger partial charge in [0.15, 0.2) is 5.82 Å². The molecule has 1 aromatic carbocycles. The Balaban J connectivity index is 1.50. The summed E-state index contributed by atoms with van der Waals surface area (Å²) in [7, 11) is 0. The summed E-state index contributed by atoms with van der Waals surface area (Å²) in [5, 5.41) is 15.5. The maximum atomic E-state index is 14.4. The van der Waals surface area contributed by atoms with E-state index in [-0.39, 0.29) is 11.6 Å². The van der Waals surface area contributed by atoms with Crippen LogP contribution in [-0.2, 0) is 17.8 Å². The molecule has 2 amide bonds. The van der Waals surface area contributed by atoms with Crippen molar-refractivity contribution in [1.82, 2.24) is 20.1 Å². The molecule has 0 bridgehead atoms. The average molecular weight is 428 g/mol. The van der Waals surface area contributed by atoms with Crippen LogP contribution in [0.1, 0.15) is 41.7 Å². The van der Waals surface area contributed by atoms with E-state index in [0.29, 0.717) is 16.3 Å². The van der Waals surface area contributed by atoms with Crippen LogP contribution in [0.25, 0.3) is 11.4 Å². The zero-order valence-electron chi connectivity index (χ0n) is 16.5. The van der Waals surface area contributed by atoms with Gasteiger partial charge in [-0.3, -0.25) is 9.59 Å². The van der Waals surface area contributed by atoms with Crippen molar-refractivity contribution in [3.63, 3.8) is 0 Å². The number of nitrogens with one attached hydrogen (secondary N) is 2. The topological polar surface area (TPSA) is 88.9 Å². The van der Waals surface area contributed by atoms with E-state index in [1.807, 2.05) is 0 Å². The summed E-state index contributed by atoms with van der Waals surface area (Å²) in [4.78, 5) is 25.2. The van der Waals surface area contributed by atoms with E-state index in [2.05, 4.69) is 25.4 Å². The van der Waals surface area contributed by atoms with E-state index in [1.165, 1.54) is 17.4 Å². The Hall–Kier alpha value is -3.07. The average Bonchev–Trinajstić information content (AvgIpc) is 3.35. The molecule has 3 aromatic rings. The molecule has 4 rings (SSSR count). The van der Waals surface area contributed by atoms with Crippen molar-refractivity contribution < 1.29 is 14.0 Å².